The molecule has 0 aliphatic heterocycles. The van der Waals surface area contributed by atoms with Crippen LogP contribution in [-0.2, 0) is 0 Å². The molecule has 0 radical (unpaired) electrons. The predicted molar refractivity (Wildman–Crippen MR) is 77.1 cm³/mol. The Morgan fingerprint density at radius 2 is 2.11 bits per heavy atom. The lowest BCUT2D eigenvalue weighted by Gasteiger charge is -2.26. The van der Waals surface area contributed by atoms with E-state index >= 15 is 0 Å². The lowest BCUT2D eigenvalue weighted by atomic mass is 9.91. The molecule has 1 N–H and O–H groups in total. The molecule has 1 saturated carbocycles. The maximum atomic E-state index is 13.2. The average molecular weight is 314 g/mol. The summed E-state index contributed by atoms with van der Waals surface area (Å²) in [7, 11) is 0. The molecule has 3 heteroatoms. The third kappa shape index (κ3) is 3.33. The Morgan fingerprint density at radius 1 is 1.39 bits per heavy atom. The van der Waals surface area contributed by atoms with Crippen molar-refractivity contribution >= 4 is 15.9 Å². The molecule has 0 saturated heterocycles. The second-order valence-electron chi connectivity index (χ2n) is 5.14. The Balaban J connectivity index is 2.20. The first-order valence-corrected chi connectivity index (χ1v) is 7.70. The van der Waals surface area contributed by atoms with E-state index in [1.54, 1.807) is 12.1 Å². The number of benzene rings is 1. The zero-order valence-corrected chi connectivity index (χ0v) is 12.5. The summed E-state index contributed by atoms with van der Waals surface area (Å²) >= 11 is 3.51. The molecule has 18 heavy (non-hydrogen) atoms. The van der Waals surface area contributed by atoms with Crippen molar-refractivity contribution in [1.29, 1.82) is 0 Å². The summed E-state index contributed by atoms with van der Waals surface area (Å²) in [4.78, 5) is 0. The van der Waals surface area contributed by atoms with E-state index < -0.39 is 0 Å². The summed E-state index contributed by atoms with van der Waals surface area (Å²) in [6, 6.07) is 5.42. The molecule has 1 unspecified atom stereocenters. The van der Waals surface area contributed by atoms with Crippen molar-refractivity contribution < 1.29 is 4.39 Å². The molecule has 0 aromatic heterocycles. The molecule has 1 aromatic carbocycles. The fourth-order valence-electron chi connectivity index (χ4n) is 2.87. The van der Waals surface area contributed by atoms with E-state index in [-0.39, 0.29) is 5.82 Å². The Labute approximate surface area is 117 Å². The van der Waals surface area contributed by atoms with Crippen molar-refractivity contribution in [2.24, 2.45) is 5.92 Å². The van der Waals surface area contributed by atoms with Gasteiger partial charge < -0.3 is 5.32 Å². The Hall–Kier alpha value is -0.410. The fourth-order valence-corrected chi connectivity index (χ4v) is 3.47. The lowest BCUT2D eigenvalue weighted by molar-refractivity contribution is 0.367. The third-order valence-corrected chi connectivity index (χ3v) is 4.47. The van der Waals surface area contributed by atoms with Gasteiger partial charge in [-0.1, -0.05) is 41.8 Å². The molecular weight excluding hydrogens is 293 g/mol. The maximum Gasteiger partial charge on any atom is 0.124 e. The van der Waals surface area contributed by atoms with Crippen LogP contribution in [0.15, 0.2) is 22.7 Å². The van der Waals surface area contributed by atoms with Crippen molar-refractivity contribution in [3.05, 3.63) is 34.1 Å². The van der Waals surface area contributed by atoms with Gasteiger partial charge in [-0.05, 0) is 49.4 Å². The maximum absolute atomic E-state index is 13.2. The van der Waals surface area contributed by atoms with Crippen LogP contribution < -0.4 is 5.32 Å². The monoisotopic (exact) mass is 313 g/mol. The van der Waals surface area contributed by atoms with Crippen molar-refractivity contribution in [3.8, 4) is 0 Å². The molecule has 0 amide bonds. The zero-order valence-electron chi connectivity index (χ0n) is 10.9. The molecule has 1 nitrogen and oxygen atoms in total. The second-order valence-corrected chi connectivity index (χ2v) is 6.00. The largest absolute Gasteiger partial charge is 0.310 e. The normalized spacial score (nSPS) is 18.2. The molecule has 0 bridgehead atoms. The van der Waals surface area contributed by atoms with Crippen LogP contribution in [-0.4, -0.2) is 6.54 Å². The highest BCUT2D eigenvalue weighted by atomic mass is 79.9. The van der Waals surface area contributed by atoms with Crippen LogP contribution >= 0.6 is 15.9 Å². The third-order valence-electron chi connectivity index (χ3n) is 3.78. The van der Waals surface area contributed by atoms with Gasteiger partial charge in [0.15, 0.2) is 0 Å². The minimum absolute atomic E-state index is 0.175. The first-order chi connectivity index (χ1) is 8.72. The predicted octanol–water partition coefficient (Wildman–Crippen LogP) is 4.82. The fraction of sp³-hybridized carbons (Fsp3) is 0.600. The molecule has 1 aliphatic carbocycles. The molecule has 0 spiro atoms. The van der Waals surface area contributed by atoms with Gasteiger partial charge in [0.1, 0.15) is 5.82 Å². The Bertz CT molecular complexity index is 388. The second kappa shape index (κ2) is 6.67. The quantitative estimate of drug-likeness (QED) is 0.821. The van der Waals surface area contributed by atoms with E-state index in [4.69, 9.17) is 0 Å². The van der Waals surface area contributed by atoms with Gasteiger partial charge in [-0.3, -0.25) is 0 Å². The van der Waals surface area contributed by atoms with Crippen molar-refractivity contribution in [3.63, 3.8) is 0 Å². The van der Waals surface area contributed by atoms with Crippen LogP contribution in [0.3, 0.4) is 0 Å². The topological polar surface area (TPSA) is 12.0 Å². The minimum atomic E-state index is -0.175. The van der Waals surface area contributed by atoms with E-state index in [1.165, 1.54) is 31.2 Å². The number of halogens is 2. The van der Waals surface area contributed by atoms with E-state index in [0.717, 1.165) is 17.4 Å². The van der Waals surface area contributed by atoms with E-state index in [1.807, 2.05) is 6.07 Å². The van der Waals surface area contributed by atoms with Gasteiger partial charge in [0.05, 0.1) is 0 Å². The average Bonchev–Trinajstić information content (AvgIpc) is 2.85. The van der Waals surface area contributed by atoms with Gasteiger partial charge in [-0.25, -0.2) is 4.39 Å². The highest BCUT2D eigenvalue weighted by Crippen LogP contribution is 2.38. The first-order valence-electron chi connectivity index (χ1n) is 6.90. The summed E-state index contributed by atoms with van der Waals surface area (Å²) in [5.74, 6) is 0.518. The van der Waals surface area contributed by atoms with E-state index in [2.05, 4.69) is 28.2 Å². The summed E-state index contributed by atoms with van der Waals surface area (Å²) in [6.07, 6.45) is 6.35. The SMILES string of the molecule is CCCNC(c1ccc(F)cc1Br)C1CCCC1. The summed E-state index contributed by atoms with van der Waals surface area (Å²) in [6.45, 7) is 3.20. The van der Waals surface area contributed by atoms with Crippen LogP contribution in [0, 0.1) is 11.7 Å². The van der Waals surface area contributed by atoms with Crippen LogP contribution in [0.1, 0.15) is 50.6 Å². The smallest absolute Gasteiger partial charge is 0.124 e. The van der Waals surface area contributed by atoms with Gasteiger partial charge in [0, 0.05) is 10.5 Å². The standard InChI is InChI=1S/C15H21BrFN/c1-2-9-18-15(11-5-3-4-6-11)13-8-7-12(17)10-14(13)16/h7-8,10-11,15,18H,2-6,9H2,1H3. The van der Waals surface area contributed by atoms with Crippen LogP contribution in [0.25, 0.3) is 0 Å². The van der Waals surface area contributed by atoms with Gasteiger partial charge >= 0.3 is 0 Å². The molecule has 100 valence electrons. The molecule has 1 atom stereocenters. The van der Waals surface area contributed by atoms with Crippen molar-refractivity contribution in [2.45, 2.75) is 45.1 Å². The van der Waals surface area contributed by atoms with E-state index in [9.17, 15) is 4.39 Å². The Morgan fingerprint density at radius 3 is 2.72 bits per heavy atom. The first kappa shape index (κ1) is 14.0. The van der Waals surface area contributed by atoms with Crippen LogP contribution in [0.4, 0.5) is 4.39 Å². The molecule has 1 fully saturated rings. The highest BCUT2D eigenvalue weighted by Gasteiger charge is 2.27. The number of hydrogen-bond donors (Lipinski definition) is 1. The molecule has 1 aliphatic rings. The number of rotatable bonds is 5. The molecule has 1 aromatic rings. The van der Waals surface area contributed by atoms with Crippen molar-refractivity contribution in [1.82, 2.24) is 5.32 Å². The number of hydrogen-bond acceptors (Lipinski definition) is 1. The molecular formula is C15H21BrFN. The van der Waals surface area contributed by atoms with Crippen LogP contribution in [0.2, 0.25) is 0 Å². The summed E-state index contributed by atoms with van der Waals surface area (Å²) in [5, 5.41) is 3.64. The summed E-state index contributed by atoms with van der Waals surface area (Å²) < 4.78 is 14.1. The minimum Gasteiger partial charge on any atom is -0.310 e. The van der Waals surface area contributed by atoms with Gasteiger partial charge in [-0.2, -0.15) is 0 Å². The van der Waals surface area contributed by atoms with Gasteiger partial charge in [0.2, 0.25) is 0 Å². The van der Waals surface area contributed by atoms with Crippen molar-refractivity contribution in [2.75, 3.05) is 6.54 Å². The lowest BCUT2D eigenvalue weighted by Crippen LogP contribution is -2.28. The Kier molecular flexibility index (Phi) is 5.19. The van der Waals surface area contributed by atoms with E-state index in [0.29, 0.717) is 12.0 Å². The zero-order chi connectivity index (χ0) is 13.0. The number of nitrogens with one attached hydrogen (secondary N) is 1. The van der Waals surface area contributed by atoms with Gasteiger partial charge in [-0.15, -0.1) is 0 Å². The van der Waals surface area contributed by atoms with Crippen LogP contribution in [0.5, 0.6) is 0 Å². The molecule has 2 rings (SSSR count). The highest BCUT2D eigenvalue weighted by molar-refractivity contribution is 9.10. The summed E-state index contributed by atoms with van der Waals surface area (Å²) in [5.41, 5.74) is 1.21. The molecule has 0 heterocycles. The van der Waals surface area contributed by atoms with Gasteiger partial charge in [0.25, 0.3) is 0 Å².